The van der Waals surface area contributed by atoms with Crippen LogP contribution < -0.4 is 14.3 Å². The highest BCUT2D eigenvalue weighted by Crippen LogP contribution is 2.31. The van der Waals surface area contributed by atoms with Crippen molar-refractivity contribution in [2.75, 3.05) is 20.3 Å². The number of hydrogen-bond acceptors (Lipinski definition) is 5. The van der Waals surface area contributed by atoms with Gasteiger partial charge in [-0.1, -0.05) is 29.5 Å². The van der Waals surface area contributed by atoms with Gasteiger partial charge >= 0.3 is 0 Å². The van der Waals surface area contributed by atoms with E-state index in [0.717, 1.165) is 15.8 Å². The third-order valence-electron chi connectivity index (χ3n) is 4.62. The van der Waals surface area contributed by atoms with Crippen LogP contribution in [-0.2, 0) is 16.1 Å². The van der Waals surface area contributed by atoms with E-state index in [-0.39, 0.29) is 12.5 Å². The first-order chi connectivity index (χ1) is 13.6. The zero-order valence-corrected chi connectivity index (χ0v) is 16.9. The van der Waals surface area contributed by atoms with Crippen molar-refractivity contribution in [2.24, 2.45) is 4.99 Å². The molecule has 0 fully saturated rings. The Bertz CT molecular complexity index is 1100. The van der Waals surface area contributed by atoms with E-state index in [9.17, 15) is 4.79 Å². The normalized spacial score (nSPS) is 16.5. The third kappa shape index (κ3) is 3.55. The molecule has 0 saturated carbocycles. The molecule has 0 N–H and O–H groups in total. The highest BCUT2D eigenvalue weighted by Gasteiger charge is 2.27. The molecule has 7 heteroatoms. The second kappa shape index (κ2) is 7.77. The van der Waals surface area contributed by atoms with Crippen LogP contribution in [0.4, 0.5) is 0 Å². The highest BCUT2D eigenvalue weighted by atomic mass is 32.1. The topological polar surface area (TPSA) is 62.1 Å². The number of ether oxygens (including phenoxy) is 3. The van der Waals surface area contributed by atoms with Crippen LogP contribution in [0, 0.1) is 13.8 Å². The van der Waals surface area contributed by atoms with E-state index < -0.39 is 6.10 Å². The monoisotopic (exact) mass is 398 g/mol. The maximum Gasteiger partial charge on any atom is 0.292 e. The molecule has 0 unspecified atom stereocenters. The van der Waals surface area contributed by atoms with Crippen LogP contribution >= 0.6 is 11.3 Å². The van der Waals surface area contributed by atoms with Crippen molar-refractivity contribution in [1.82, 2.24) is 4.57 Å². The second-order valence-corrected chi connectivity index (χ2v) is 7.78. The molecule has 0 saturated heterocycles. The molecule has 1 aliphatic rings. The minimum atomic E-state index is -0.751. The van der Waals surface area contributed by atoms with E-state index >= 15 is 0 Å². The molecular formula is C21H22N2O4S. The van der Waals surface area contributed by atoms with Crippen LogP contribution in [-0.4, -0.2) is 36.9 Å². The lowest BCUT2D eigenvalue weighted by molar-refractivity contribution is -0.127. The van der Waals surface area contributed by atoms with Crippen LogP contribution in [0.25, 0.3) is 10.2 Å². The lowest BCUT2D eigenvalue weighted by Gasteiger charge is -2.23. The Balaban J connectivity index is 1.72. The first kappa shape index (κ1) is 18.7. The van der Waals surface area contributed by atoms with Crippen molar-refractivity contribution in [3.05, 3.63) is 52.3 Å². The van der Waals surface area contributed by atoms with Gasteiger partial charge in [0.2, 0.25) is 6.10 Å². The summed E-state index contributed by atoms with van der Waals surface area (Å²) >= 11 is 1.50. The van der Waals surface area contributed by atoms with Gasteiger partial charge in [-0.25, -0.2) is 0 Å². The molecule has 0 radical (unpaired) electrons. The number of rotatable bonds is 4. The van der Waals surface area contributed by atoms with Crippen LogP contribution in [0.2, 0.25) is 0 Å². The summed E-state index contributed by atoms with van der Waals surface area (Å²) in [4.78, 5) is 17.9. The van der Waals surface area contributed by atoms with Gasteiger partial charge in [0.15, 0.2) is 16.3 Å². The predicted octanol–water partition coefficient (Wildman–Crippen LogP) is 3.23. The summed E-state index contributed by atoms with van der Waals surface area (Å²) in [6, 6.07) is 11.6. The van der Waals surface area contributed by atoms with E-state index in [1.165, 1.54) is 16.9 Å². The zero-order chi connectivity index (χ0) is 19.7. The van der Waals surface area contributed by atoms with Gasteiger partial charge in [-0.05, 0) is 43.2 Å². The van der Waals surface area contributed by atoms with Crippen molar-refractivity contribution in [3.8, 4) is 11.5 Å². The fourth-order valence-corrected chi connectivity index (χ4v) is 4.61. The Labute approximate surface area is 167 Å². The average molecular weight is 398 g/mol. The Kier molecular flexibility index (Phi) is 5.19. The Morgan fingerprint density at radius 1 is 1.29 bits per heavy atom. The number of thiazole rings is 1. The summed E-state index contributed by atoms with van der Waals surface area (Å²) in [5.74, 6) is 0.869. The summed E-state index contributed by atoms with van der Waals surface area (Å²) in [6.45, 7) is 5.46. The third-order valence-corrected chi connectivity index (χ3v) is 5.65. The maximum atomic E-state index is 12.8. The van der Waals surface area contributed by atoms with Crippen LogP contribution in [0.3, 0.4) is 0 Å². The first-order valence-electron chi connectivity index (χ1n) is 9.13. The number of fused-ring (bicyclic) bond motifs is 2. The lowest BCUT2D eigenvalue weighted by atomic mass is 10.1. The van der Waals surface area contributed by atoms with Gasteiger partial charge < -0.3 is 18.8 Å². The van der Waals surface area contributed by atoms with Gasteiger partial charge in [0.1, 0.15) is 6.61 Å². The zero-order valence-electron chi connectivity index (χ0n) is 16.1. The van der Waals surface area contributed by atoms with Gasteiger partial charge in [0, 0.05) is 13.7 Å². The molecule has 1 atom stereocenters. The van der Waals surface area contributed by atoms with Crippen LogP contribution in [0.15, 0.2) is 41.4 Å². The van der Waals surface area contributed by atoms with Crippen molar-refractivity contribution in [2.45, 2.75) is 26.5 Å². The molecule has 28 heavy (non-hydrogen) atoms. The molecule has 146 valence electrons. The van der Waals surface area contributed by atoms with Crippen molar-refractivity contribution in [1.29, 1.82) is 0 Å². The Morgan fingerprint density at radius 3 is 2.86 bits per heavy atom. The molecule has 4 rings (SSSR count). The quantitative estimate of drug-likeness (QED) is 0.677. The molecule has 0 spiro atoms. The number of hydrogen-bond donors (Lipinski definition) is 0. The van der Waals surface area contributed by atoms with Crippen LogP contribution in [0.5, 0.6) is 11.5 Å². The van der Waals surface area contributed by atoms with Crippen molar-refractivity contribution >= 4 is 27.5 Å². The number of nitrogens with zero attached hydrogens (tertiary/aromatic N) is 2. The van der Waals surface area contributed by atoms with Crippen LogP contribution in [0.1, 0.15) is 11.1 Å². The summed E-state index contributed by atoms with van der Waals surface area (Å²) in [7, 11) is 1.67. The van der Waals surface area contributed by atoms with E-state index in [2.05, 4.69) is 31.0 Å². The van der Waals surface area contributed by atoms with Crippen molar-refractivity contribution < 1.29 is 19.0 Å². The van der Waals surface area contributed by atoms with E-state index in [0.29, 0.717) is 29.5 Å². The molecule has 6 nitrogen and oxygen atoms in total. The molecule has 1 aromatic heterocycles. The number of aryl methyl sites for hydroxylation is 2. The maximum absolute atomic E-state index is 12.8. The number of carbonyl (C=O) groups is 1. The number of para-hydroxylation sites is 2. The largest absolute Gasteiger partial charge is 0.485 e. The molecule has 0 bridgehead atoms. The summed E-state index contributed by atoms with van der Waals surface area (Å²) in [5.41, 5.74) is 3.43. The minimum Gasteiger partial charge on any atom is -0.485 e. The van der Waals surface area contributed by atoms with E-state index in [4.69, 9.17) is 14.2 Å². The highest BCUT2D eigenvalue weighted by molar-refractivity contribution is 7.16. The van der Waals surface area contributed by atoms with Gasteiger partial charge in [0.05, 0.1) is 16.8 Å². The number of carbonyl (C=O) groups excluding carboxylic acids is 1. The number of benzene rings is 2. The van der Waals surface area contributed by atoms with E-state index in [1.54, 1.807) is 13.2 Å². The lowest BCUT2D eigenvalue weighted by Crippen LogP contribution is -2.37. The molecule has 1 amide bonds. The Hall–Kier alpha value is -2.64. The van der Waals surface area contributed by atoms with Gasteiger partial charge in [-0.3, -0.25) is 4.79 Å². The second-order valence-electron chi connectivity index (χ2n) is 6.77. The predicted molar refractivity (Wildman–Crippen MR) is 108 cm³/mol. The molecular weight excluding hydrogens is 376 g/mol. The smallest absolute Gasteiger partial charge is 0.292 e. The Morgan fingerprint density at radius 2 is 2.07 bits per heavy atom. The summed E-state index contributed by atoms with van der Waals surface area (Å²) in [6.07, 6.45) is -0.751. The minimum absolute atomic E-state index is 0.153. The van der Waals surface area contributed by atoms with Gasteiger partial charge in [0.25, 0.3) is 5.91 Å². The van der Waals surface area contributed by atoms with Gasteiger partial charge in [-0.15, -0.1) is 0 Å². The standard InChI is InChI=1S/C21H22N2O4S/c1-13-10-14(2)19-18(11-13)28-21(23(19)8-9-25-3)22-20(24)17-12-26-15-6-4-5-7-16(15)27-17/h4-7,10-11,17H,8-9,12H2,1-3H3/t17-/m1/s1. The number of methoxy groups -OCH3 is 1. The molecule has 0 aliphatic carbocycles. The molecule has 2 aromatic carbocycles. The molecule has 2 heterocycles. The SMILES string of the molecule is COCCn1c(=NC(=O)[C@H]2COc3ccccc3O2)sc2cc(C)cc(C)c21. The fourth-order valence-electron chi connectivity index (χ4n) is 3.37. The first-order valence-corrected chi connectivity index (χ1v) is 9.95. The van der Waals surface area contributed by atoms with Gasteiger partial charge in [-0.2, -0.15) is 4.99 Å². The molecule has 1 aliphatic heterocycles. The average Bonchev–Trinajstić information content (AvgIpc) is 3.02. The summed E-state index contributed by atoms with van der Waals surface area (Å²) in [5, 5.41) is 0. The number of aromatic nitrogens is 1. The van der Waals surface area contributed by atoms with Crippen molar-refractivity contribution in [3.63, 3.8) is 0 Å². The fraction of sp³-hybridized carbons (Fsp3) is 0.333. The summed E-state index contributed by atoms with van der Waals surface area (Å²) < 4.78 is 19.9. The van der Waals surface area contributed by atoms with E-state index in [1.807, 2.05) is 22.8 Å². The number of amides is 1. The molecule has 3 aromatic rings.